The van der Waals surface area contributed by atoms with Gasteiger partial charge in [0.15, 0.2) is 6.29 Å². The molecule has 2 rings (SSSR count). The smallest absolute Gasteiger partial charge is 0.407 e. The van der Waals surface area contributed by atoms with E-state index >= 15 is 0 Å². The number of ether oxygens (including phenoxy) is 3. The number of aliphatic hydroxyl groups is 3. The molecule has 27 heavy (non-hydrogen) atoms. The topological polar surface area (TPSA) is 117 Å². The lowest BCUT2D eigenvalue weighted by Gasteiger charge is -2.42. The molecule has 0 aromatic heterocycles. The highest BCUT2D eigenvalue weighted by molar-refractivity contribution is 6.67. The molecule has 1 fully saturated rings. The summed E-state index contributed by atoms with van der Waals surface area (Å²) in [6.45, 7) is -0.966. The van der Waals surface area contributed by atoms with E-state index in [-0.39, 0.29) is 6.61 Å². The van der Waals surface area contributed by atoms with Crippen molar-refractivity contribution in [1.29, 1.82) is 0 Å². The van der Waals surface area contributed by atoms with E-state index < -0.39 is 53.7 Å². The van der Waals surface area contributed by atoms with Crippen molar-refractivity contribution >= 4 is 40.9 Å². The molecule has 0 saturated carbocycles. The Bertz CT molecular complexity index is 601. The van der Waals surface area contributed by atoms with Gasteiger partial charge in [0, 0.05) is 0 Å². The van der Waals surface area contributed by atoms with E-state index in [1.807, 2.05) is 30.3 Å². The third kappa shape index (κ3) is 6.92. The van der Waals surface area contributed by atoms with Crippen molar-refractivity contribution in [3.8, 4) is 0 Å². The molecule has 0 bridgehead atoms. The van der Waals surface area contributed by atoms with Crippen LogP contribution >= 0.6 is 34.8 Å². The molecular weight excluding hydrogens is 425 g/mol. The molecule has 0 spiro atoms. The van der Waals surface area contributed by atoms with Crippen molar-refractivity contribution in [3.05, 3.63) is 35.9 Å². The third-order valence-corrected chi connectivity index (χ3v) is 4.12. The largest absolute Gasteiger partial charge is 0.445 e. The van der Waals surface area contributed by atoms with Crippen molar-refractivity contribution in [1.82, 2.24) is 5.32 Å². The number of halogens is 3. The summed E-state index contributed by atoms with van der Waals surface area (Å²) in [6.07, 6.45) is -6.20. The SMILES string of the molecule is O=C(N[C@@H]1[C@@H](OCc2ccccc2)O[C@H](CO)[C@@H](O)[C@@H]1O)OCC(Cl)(Cl)Cl. The van der Waals surface area contributed by atoms with Gasteiger partial charge in [0.1, 0.15) is 31.0 Å². The highest BCUT2D eigenvalue weighted by Crippen LogP contribution is 2.26. The van der Waals surface area contributed by atoms with Gasteiger partial charge in [-0.2, -0.15) is 0 Å². The van der Waals surface area contributed by atoms with Gasteiger partial charge in [0.05, 0.1) is 13.2 Å². The quantitative estimate of drug-likeness (QED) is 0.486. The number of alkyl carbamates (subject to hydrolysis) is 1. The zero-order chi connectivity index (χ0) is 20.0. The van der Waals surface area contributed by atoms with Crippen LogP contribution in [-0.4, -0.2) is 69.1 Å². The summed E-state index contributed by atoms with van der Waals surface area (Å²) < 4.78 is 14.1. The van der Waals surface area contributed by atoms with Crippen molar-refractivity contribution in [3.63, 3.8) is 0 Å². The molecule has 8 nitrogen and oxygen atoms in total. The molecule has 1 aliphatic rings. The Morgan fingerprint density at radius 2 is 1.85 bits per heavy atom. The van der Waals surface area contributed by atoms with Gasteiger partial charge in [-0.05, 0) is 5.56 Å². The van der Waals surface area contributed by atoms with Gasteiger partial charge in [-0.3, -0.25) is 0 Å². The molecule has 1 amide bonds. The second-order valence-corrected chi connectivity index (χ2v) is 8.38. The maximum absolute atomic E-state index is 11.9. The lowest BCUT2D eigenvalue weighted by atomic mass is 9.97. The summed E-state index contributed by atoms with van der Waals surface area (Å²) in [5.41, 5.74) is 0.819. The third-order valence-electron chi connectivity index (χ3n) is 3.79. The normalized spacial score (nSPS) is 28.6. The average molecular weight is 445 g/mol. The van der Waals surface area contributed by atoms with E-state index in [0.29, 0.717) is 0 Å². The standard InChI is InChI=1S/C16H20Cl3NO7/c17-16(18,19)8-26-15(24)20-11-13(23)12(22)10(6-21)27-14(11)25-7-9-4-2-1-3-5-9/h1-5,10-14,21-23H,6-8H2,(H,20,24)/t10-,11+,12-,13-,14+/m1/s1. The molecule has 152 valence electrons. The average Bonchev–Trinajstić information content (AvgIpc) is 2.63. The monoisotopic (exact) mass is 443 g/mol. The highest BCUT2D eigenvalue weighted by atomic mass is 35.6. The predicted octanol–water partition coefficient (Wildman–Crippen LogP) is 1.11. The Morgan fingerprint density at radius 3 is 2.44 bits per heavy atom. The zero-order valence-electron chi connectivity index (χ0n) is 14.0. The van der Waals surface area contributed by atoms with E-state index in [2.05, 4.69) is 5.32 Å². The molecule has 11 heteroatoms. The highest BCUT2D eigenvalue weighted by Gasteiger charge is 2.46. The number of carbonyl (C=O) groups is 1. The van der Waals surface area contributed by atoms with Crippen LogP contribution in [0.25, 0.3) is 0 Å². The molecule has 0 radical (unpaired) electrons. The van der Waals surface area contributed by atoms with Crippen molar-refractivity contribution < 1.29 is 34.3 Å². The van der Waals surface area contributed by atoms with Crippen LogP contribution in [-0.2, 0) is 20.8 Å². The van der Waals surface area contributed by atoms with Crippen LogP contribution in [0.15, 0.2) is 30.3 Å². The Morgan fingerprint density at radius 1 is 1.19 bits per heavy atom. The van der Waals surface area contributed by atoms with Gasteiger partial charge in [-0.1, -0.05) is 65.1 Å². The lowest BCUT2D eigenvalue weighted by molar-refractivity contribution is -0.273. The number of carbonyl (C=O) groups excluding carboxylic acids is 1. The molecule has 1 aromatic carbocycles. The predicted molar refractivity (Wildman–Crippen MR) is 97.6 cm³/mol. The minimum Gasteiger partial charge on any atom is -0.445 e. The summed E-state index contributed by atoms with van der Waals surface area (Å²) in [7, 11) is 0. The van der Waals surface area contributed by atoms with Crippen molar-refractivity contribution in [2.24, 2.45) is 0 Å². The Kier molecular flexibility index (Phi) is 8.39. The second kappa shape index (κ2) is 10.1. The van der Waals surface area contributed by atoms with Crippen molar-refractivity contribution in [2.75, 3.05) is 13.2 Å². The molecule has 0 unspecified atom stereocenters. The summed E-state index contributed by atoms with van der Waals surface area (Å²) in [6, 6.07) is 7.92. The minimum atomic E-state index is -1.80. The Labute approximate surface area is 170 Å². The maximum atomic E-state index is 11.9. The maximum Gasteiger partial charge on any atom is 0.407 e. The lowest BCUT2D eigenvalue weighted by Crippen LogP contribution is -2.64. The van der Waals surface area contributed by atoms with Gasteiger partial charge in [0.2, 0.25) is 3.79 Å². The molecule has 1 aliphatic heterocycles. The van der Waals surface area contributed by atoms with E-state index in [1.165, 1.54) is 0 Å². The van der Waals surface area contributed by atoms with Crippen LogP contribution in [0.5, 0.6) is 0 Å². The molecule has 1 aromatic rings. The molecule has 5 atom stereocenters. The molecule has 1 heterocycles. The van der Waals surface area contributed by atoms with E-state index in [9.17, 15) is 20.1 Å². The fourth-order valence-corrected chi connectivity index (χ4v) is 2.62. The van der Waals surface area contributed by atoms with Gasteiger partial charge >= 0.3 is 6.09 Å². The van der Waals surface area contributed by atoms with E-state index in [4.69, 9.17) is 49.0 Å². The summed E-state index contributed by atoms with van der Waals surface area (Å²) in [4.78, 5) is 11.9. The van der Waals surface area contributed by atoms with Gasteiger partial charge in [-0.15, -0.1) is 0 Å². The summed E-state index contributed by atoms with van der Waals surface area (Å²) >= 11 is 16.5. The number of hydrogen-bond donors (Lipinski definition) is 4. The van der Waals surface area contributed by atoms with Gasteiger partial charge in [0.25, 0.3) is 0 Å². The first-order valence-corrected chi connectivity index (χ1v) is 9.12. The summed E-state index contributed by atoms with van der Waals surface area (Å²) in [5, 5.41) is 32.0. The minimum absolute atomic E-state index is 0.105. The zero-order valence-corrected chi connectivity index (χ0v) is 16.3. The van der Waals surface area contributed by atoms with Crippen LogP contribution < -0.4 is 5.32 Å². The molecule has 4 N–H and O–H groups in total. The Balaban J connectivity index is 2.04. The molecular formula is C16H20Cl3NO7. The van der Waals surface area contributed by atoms with Crippen LogP contribution in [0.1, 0.15) is 5.56 Å². The second-order valence-electron chi connectivity index (χ2n) is 5.86. The first-order chi connectivity index (χ1) is 12.7. The number of amides is 1. The fourth-order valence-electron chi connectivity index (χ4n) is 2.46. The number of alkyl halides is 3. The summed E-state index contributed by atoms with van der Waals surface area (Å²) in [5.74, 6) is 0. The first-order valence-electron chi connectivity index (χ1n) is 7.99. The first kappa shape index (κ1) is 22.4. The van der Waals surface area contributed by atoms with Crippen LogP contribution in [0, 0.1) is 0 Å². The number of nitrogens with one attached hydrogen (secondary N) is 1. The van der Waals surface area contributed by atoms with Gasteiger partial charge < -0.3 is 34.8 Å². The number of rotatable bonds is 6. The fraction of sp³-hybridized carbons (Fsp3) is 0.562. The number of benzene rings is 1. The molecule has 1 saturated heterocycles. The van der Waals surface area contributed by atoms with Gasteiger partial charge in [-0.25, -0.2) is 4.79 Å². The number of hydrogen-bond acceptors (Lipinski definition) is 7. The number of aliphatic hydroxyl groups excluding tert-OH is 3. The van der Waals surface area contributed by atoms with E-state index in [1.54, 1.807) is 0 Å². The van der Waals surface area contributed by atoms with Crippen LogP contribution in [0.3, 0.4) is 0 Å². The van der Waals surface area contributed by atoms with Crippen molar-refractivity contribution in [2.45, 2.75) is 41.0 Å². The van der Waals surface area contributed by atoms with E-state index in [0.717, 1.165) is 5.56 Å². The van der Waals surface area contributed by atoms with Crippen LogP contribution in [0.4, 0.5) is 4.79 Å². The Hall–Kier alpha value is -0.840. The van der Waals surface area contributed by atoms with Crippen LogP contribution in [0.2, 0.25) is 0 Å². The molecule has 0 aliphatic carbocycles.